The van der Waals surface area contributed by atoms with E-state index in [4.69, 9.17) is 0 Å². The molecule has 0 aliphatic rings. The van der Waals surface area contributed by atoms with Crippen molar-refractivity contribution in [3.63, 3.8) is 0 Å². The topological polar surface area (TPSA) is 29.4 Å². The predicted octanol–water partition coefficient (Wildman–Crippen LogP) is 3.83. The predicted molar refractivity (Wildman–Crippen MR) is 71.5 cm³/mol. The molecule has 0 aromatic heterocycles. The molecule has 1 unspecified atom stereocenters. The summed E-state index contributed by atoms with van der Waals surface area (Å²) in [5.41, 5.74) is -0.321. The third kappa shape index (κ3) is 6.00. The highest BCUT2D eigenvalue weighted by molar-refractivity contribution is 7.83. The van der Waals surface area contributed by atoms with Gasteiger partial charge in [0, 0.05) is 12.0 Å². The molecule has 106 valence electrons. The van der Waals surface area contributed by atoms with Crippen molar-refractivity contribution >= 4 is 17.2 Å². The molecule has 1 atom stereocenters. The van der Waals surface area contributed by atoms with Crippen LogP contribution in [-0.4, -0.2) is 16.2 Å². The zero-order chi connectivity index (χ0) is 14.7. The molecule has 0 saturated carbocycles. The average molecular weight is 291 g/mol. The van der Waals surface area contributed by atoms with Crippen molar-refractivity contribution < 1.29 is 17.4 Å². The molecule has 0 aliphatic carbocycles. The van der Waals surface area contributed by atoms with Gasteiger partial charge in [0.1, 0.15) is 11.0 Å². The number of hydrogen-bond acceptors (Lipinski definition) is 1. The molecule has 2 nitrogen and oxygen atoms in total. The maximum Gasteiger partial charge on any atom is 0.416 e. The second kappa shape index (κ2) is 5.86. The van der Waals surface area contributed by atoms with Gasteiger partial charge in [0.2, 0.25) is 0 Å². The summed E-state index contributed by atoms with van der Waals surface area (Å²) in [4.78, 5) is 0. The van der Waals surface area contributed by atoms with Crippen LogP contribution in [0.5, 0.6) is 0 Å². The Bertz CT molecular complexity index is 472. The molecule has 1 aromatic rings. The Morgan fingerprint density at radius 1 is 1.16 bits per heavy atom. The van der Waals surface area contributed by atoms with E-state index in [1.165, 1.54) is 18.3 Å². The zero-order valence-corrected chi connectivity index (χ0v) is 11.8. The third-order valence-corrected chi connectivity index (χ3v) is 3.57. The average Bonchev–Trinajstić information content (AvgIpc) is 2.23. The molecule has 0 radical (unpaired) electrons. The number of benzene rings is 1. The van der Waals surface area contributed by atoms with E-state index in [0.717, 1.165) is 12.1 Å². The van der Waals surface area contributed by atoms with Crippen LogP contribution in [0.1, 0.15) is 31.9 Å². The zero-order valence-electron chi connectivity index (χ0n) is 11.0. The van der Waals surface area contributed by atoms with Crippen molar-refractivity contribution in [2.45, 2.75) is 26.9 Å². The summed E-state index contributed by atoms with van der Waals surface area (Å²) in [6.07, 6.45) is -3.01. The fourth-order valence-electron chi connectivity index (χ4n) is 1.29. The lowest BCUT2D eigenvalue weighted by Gasteiger charge is -2.14. The largest absolute Gasteiger partial charge is 0.416 e. The van der Waals surface area contributed by atoms with E-state index in [0.29, 0.717) is 11.3 Å². The summed E-state index contributed by atoms with van der Waals surface area (Å²) in [6.45, 7) is 5.83. The number of halogens is 3. The van der Waals surface area contributed by atoms with Crippen LogP contribution in [-0.2, 0) is 17.2 Å². The molecule has 6 heteroatoms. The maximum absolute atomic E-state index is 12.3. The molecule has 0 heterocycles. The van der Waals surface area contributed by atoms with Gasteiger partial charge in [0.25, 0.3) is 0 Å². The first-order valence-electron chi connectivity index (χ1n) is 5.68. The smallest absolute Gasteiger partial charge is 0.235 e. The SMILES string of the molecule is CC(C)(C)CS(=O)/N=C/c1ccc(C(F)(F)F)cc1. The van der Waals surface area contributed by atoms with Gasteiger partial charge in [-0.3, -0.25) is 0 Å². The summed E-state index contributed by atoms with van der Waals surface area (Å²) in [7, 11) is -1.37. The van der Waals surface area contributed by atoms with Crippen LogP contribution in [0.25, 0.3) is 0 Å². The third-order valence-electron chi connectivity index (χ3n) is 2.11. The molecule has 0 saturated heterocycles. The summed E-state index contributed by atoms with van der Waals surface area (Å²) in [5.74, 6) is 0.407. The fourth-order valence-corrected chi connectivity index (χ4v) is 2.34. The molecule has 0 bridgehead atoms. The highest BCUT2D eigenvalue weighted by Gasteiger charge is 2.29. The Labute approximate surface area is 113 Å². The van der Waals surface area contributed by atoms with Gasteiger partial charge < -0.3 is 0 Å². The van der Waals surface area contributed by atoms with Gasteiger partial charge in [0.15, 0.2) is 0 Å². The Kier molecular flexibility index (Phi) is 4.90. The Morgan fingerprint density at radius 2 is 1.68 bits per heavy atom. The van der Waals surface area contributed by atoms with Crippen LogP contribution in [0.4, 0.5) is 13.2 Å². The number of alkyl halides is 3. The van der Waals surface area contributed by atoms with Gasteiger partial charge in [-0.1, -0.05) is 32.9 Å². The van der Waals surface area contributed by atoms with Gasteiger partial charge in [-0.05, 0) is 23.1 Å². The Balaban J connectivity index is 2.71. The van der Waals surface area contributed by atoms with E-state index >= 15 is 0 Å². The molecule has 1 rings (SSSR count). The molecule has 0 fully saturated rings. The summed E-state index contributed by atoms with van der Waals surface area (Å²) >= 11 is 0. The van der Waals surface area contributed by atoms with Gasteiger partial charge >= 0.3 is 6.18 Å². The van der Waals surface area contributed by atoms with Gasteiger partial charge in [0.05, 0.1) is 5.56 Å². The first kappa shape index (κ1) is 15.9. The highest BCUT2D eigenvalue weighted by atomic mass is 32.2. The molecule has 1 aromatic carbocycles. The van der Waals surface area contributed by atoms with Crippen molar-refractivity contribution in [1.82, 2.24) is 0 Å². The van der Waals surface area contributed by atoms with Crippen LogP contribution in [0.3, 0.4) is 0 Å². The van der Waals surface area contributed by atoms with E-state index in [9.17, 15) is 17.4 Å². The van der Waals surface area contributed by atoms with E-state index in [2.05, 4.69) is 4.40 Å². The fraction of sp³-hybridized carbons (Fsp3) is 0.462. The summed E-state index contributed by atoms with van der Waals surface area (Å²) in [5, 5.41) is 0. The van der Waals surface area contributed by atoms with Crippen molar-refractivity contribution in [3.8, 4) is 0 Å². The second-order valence-electron chi connectivity index (χ2n) is 5.38. The number of hydrogen-bond donors (Lipinski definition) is 0. The van der Waals surface area contributed by atoms with Crippen molar-refractivity contribution in [2.24, 2.45) is 9.81 Å². The first-order valence-corrected chi connectivity index (χ1v) is 6.95. The van der Waals surface area contributed by atoms with E-state index in [-0.39, 0.29) is 5.41 Å². The van der Waals surface area contributed by atoms with Gasteiger partial charge in [-0.15, -0.1) is 0 Å². The lowest BCUT2D eigenvalue weighted by Crippen LogP contribution is -2.14. The molecule has 0 amide bonds. The molecular formula is C13H16F3NOS. The Morgan fingerprint density at radius 3 is 2.11 bits per heavy atom. The highest BCUT2D eigenvalue weighted by Crippen LogP contribution is 2.28. The summed E-state index contributed by atoms with van der Waals surface area (Å²) < 4.78 is 52.4. The standard InChI is InChI=1S/C13H16F3NOS/c1-12(2,3)9-19(18)17-8-10-4-6-11(7-5-10)13(14,15)16/h4-8H,9H2,1-3H3/b17-8+. The maximum atomic E-state index is 12.3. The minimum absolute atomic E-state index is 0.109. The van der Waals surface area contributed by atoms with Crippen LogP contribution in [0, 0.1) is 5.41 Å². The monoisotopic (exact) mass is 291 g/mol. The molecule has 0 aliphatic heterocycles. The molecule has 0 spiro atoms. The number of nitrogens with zero attached hydrogens (tertiary/aromatic N) is 1. The van der Waals surface area contributed by atoms with E-state index < -0.39 is 22.7 Å². The molecule has 19 heavy (non-hydrogen) atoms. The van der Waals surface area contributed by atoms with Crippen molar-refractivity contribution in [2.75, 3.05) is 5.75 Å². The second-order valence-corrected chi connectivity index (χ2v) is 6.52. The molecule has 0 N–H and O–H groups in total. The van der Waals surface area contributed by atoms with Gasteiger partial charge in [-0.25, -0.2) is 4.21 Å². The van der Waals surface area contributed by atoms with Crippen molar-refractivity contribution in [1.29, 1.82) is 0 Å². The lowest BCUT2D eigenvalue weighted by molar-refractivity contribution is -0.137. The quantitative estimate of drug-likeness (QED) is 0.778. The molecular weight excluding hydrogens is 275 g/mol. The van der Waals surface area contributed by atoms with E-state index in [1.807, 2.05) is 20.8 Å². The van der Waals surface area contributed by atoms with Crippen LogP contribution in [0.15, 0.2) is 28.7 Å². The normalized spacial score (nSPS) is 14.8. The first-order chi connectivity index (χ1) is 8.58. The number of rotatable bonds is 3. The lowest BCUT2D eigenvalue weighted by atomic mass is 10.0. The minimum atomic E-state index is -4.34. The Hall–Kier alpha value is -1.17. The van der Waals surface area contributed by atoms with Crippen LogP contribution < -0.4 is 0 Å². The van der Waals surface area contributed by atoms with Gasteiger partial charge in [-0.2, -0.15) is 17.6 Å². The van der Waals surface area contributed by atoms with Crippen LogP contribution in [0.2, 0.25) is 0 Å². The minimum Gasteiger partial charge on any atom is -0.235 e. The van der Waals surface area contributed by atoms with Crippen molar-refractivity contribution in [3.05, 3.63) is 35.4 Å². The van der Waals surface area contributed by atoms with Crippen LogP contribution >= 0.6 is 0 Å². The van der Waals surface area contributed by atoms with E-state index in [1.54, 1.807) is 0 Å². The summed E-state index contributed by atoms with van der Waals surface area (Å²) in [6, 6.07) is 4.57.